The molecule has 0 aliphatic rings. The molecule has 3 aromatic rings. The van der Waals surface area contributed by atoms with Crippen molar-refractivity contribution >= 4 is 16.7 Å². The van der Waals surface area contributed by atoms with E-state index >= 15 is 0 Å². The molecule has 2 aromatic heterocycles. The third kappa shape index (κ3) is 1.95. The zero-order chi connectivity index (χ0) is 13.4. The summed E-state index contributed by atoms with van der Waals surface area (Å²) in [6.07, 6.45) is 1.51. The molecule has 0 spiro atoms. The first kappa shape index (κ1) is 11.4. The van der Waals surface area contributed by atoms with Gasteiger partial charge in [0.15, 0.2) is 5.65 Å². The van der Waals surface area contributed by atoms with Crippen LogP contribution in [0.2, 0.25) is 0 Å². The molecule has 0 aliphatic heterocycles. The number of fused-ring (bicyclic) bond motifs is 1. The number of hydrogen-bond donors (Lipinski definition) is 1. The highest BCUT2D eigenvalue weighted by Gasteiger charge is 2.09. The van der Waals surface area contributed by atoms with E-state index in [-0.39, 0.29) is 5.56 Å². The van der Waals surface area contributed by atoms with Crippen LogP contribution in [-0.2, 0) is 13.6 Å². The highest BCUT2D eigenvalue weighted by Crippen LogP contribution is 2.07. The predicted octanol–water partition coefficient (Wildman–Crippen LogP) is 0.155. The van der Waals surface area contributed by atoms with E-state index in [0.29, 0.717) is 23.3 Å². The molecule has 0 unspecified atom stereocenters. The normalized spacial score (nSPS) is 11.0. The van der Waals surface area contributed by atoms with Crippen LogP contribution in [0.15, 0.2) is 35.3 Å². The van der Waals surface area contributed by atoms with Gasteiger partial charge in [-0.15, -0.1) is 5.10 Å². The van der Waals surface area contributed by atoms with Crippen molar-refractivity contribution in [3.8, 4) is 0 Å². The lowest BCUT2D eigenvalue weighted by Gasteiger charge is -2.04. The van der Waals surface area contributed by atoms with E-state index in [2.05, 4.69) is 15.4 Å². The Kier molecular flexibility index (Phi) is 2.52. The molecule has 19 heavy (non-hydrogen) atoms. The molecular formula is C12H12N6O. The van der Waals surface area contributed by atoms with Gasteiger partial charge in [0, 0.05) is 12.7 Å². The SMILES string of the molecule is Cn1ncc2c(=O)n(Cc3ccc(N)cc3)nnc21. The van der Waals surface area contributed by atoms with Gasteiger partial charge in [0.1, 0.15) is 5.39 Å². The number of anilines is 1. The van der Waals surface area contributed by atoms with Crippen molar-refractivity contribution in [2.45, 2.75) is 6.54 Å². The molecule has 0 bridgehead atoms. The summed E-state index contributed by atoms with van der Waals surface area (Å²) in [5, 5.41) is 12.4. The van der Waals surface area contributed by atoms with Crippen molar-refractivity contribution in [3.05, 3.63) is 46.4 Å². The molecule has 7 nitrogen and oxygen atoms in total. The summed E-state index contributed by atoms with van der Waals surface area (Å²) in [6.45, 7) is 0.358. The lowest BCUT2D eigenvalue weighted by Crippen LogP contribution is -2.24. The second-order valence-electron chi connectivity index (χ2n) is 4.30. The van der Waals surface area contributed by atoms with Crippen molar-refractivity contribution in [2.75, 3.05) is 5.73 Å². The largest absolute Gasteiger partial charge is 0.399 e. The zero-order valence-corrected chi connectivity index (χ0v) is 10.3. The molecule has 0 atom stereocenters. The first-order valence-electron chi connectivity index (χ1n) is 5.75. The van der Waals surface area contributed by atoms with Crippen LogP contribution in [0.4, 0.5) is 5.69 Å². The predicted molar refractivity (Wildman–Crippen MR) is 70.5 cm³/mol. The third-order valence-corrected chi connectivity index (χ3v) is 2.93. The van der Waals surface area contributed by atoms with Gasteiger partial charge in [0.2, 0.25) is 0 Å². The van der Waals surface area contributed by atoms with Gasteiger partial charge in [-0.25, -0.2) is 9.36 Å². The number of nitrogens with zero attached hydrogens (tertiary/aromatic N) is 5. The minimum atomic E-state index is -0.199. The van der Waals surface area contributed by atoms with Crippen molar-refractivity contribution in [1.82, 2.24) is 24.8 Å². The number of nitrogens with two attached hydrogens (primary N) is 1. The van der Waals surface area contributed by atoms with Crippen LogP contribution in [0, 0.1) is 0 Å². The third-order valence-electron chi connectivity index (χ3n) is 2.93. The summed E-state index contributed by atoms with van der Waals surface area (Å²) < 4.78 is 2.84. The minimum absolute atomic E-state index is 0.199. The molecule has 2 N–H and O–H groups in total. The standard InChI is InChI=1S/C12H12N6O/c1-17-11-10(6-14-17)12(19)18(16-15-11)7-8-2-4-9(13)5-3-8/h2-6H,7,13H2,1H3. The molecule has 96 valence electrons. The number of nitrogen functional groups attached to an aromatic ring is 1. The molecule has 2 heterocycles. The summed E-state index contributed by atoms with van der Waals surface area (Å²) in [5.41, 5.74) is 7.53. The Hall–Kier alpha value is -2.70. The van der Waals surface area contributed by atoms with Crippen LogP contribution < -0.4 is 11.3 Å². The van der Waals surface area contributed by atoms with Crippen molar-refractivity contribution in [1.29, 1.82) is 0 Å². The molecule has 1 aromatic carbocycles. The number of hydrogen-bond acceptors (Lipinski definition) is 5. The monoisotopic (exact) mass is 256 g/mol. The summed E-state index contributed by atoms with van der Waals surface area (Å²) in [5.74, 6) is 0. The van der Waals surface area contributed by atoms with Crippen molar-refractivity contribution < 1.29 is 0 Å². The van der Waals surface area contributed by atoms with Gasteiger partial charge in [-0.2, -0.15) is 5.10 Å². The molecule has 0 fully saturated rings. The summed E-state index contributed by atoms with van der Waals surface area (Å²) in [4.78, 5) is 12.2. The number of benzene rings is 1. The van der Waals surface area contributed by atoms with E-state index in [0.717, 1.165) is 5.56 Å². The topological polar surface area (TPSA) is 91.6 Å². The molecule has 3 rings (SSSR count). The quantitative estimate of drug-likeness (QED) is 0.659. The van der Waals surface area contributed by atoms with Crippen LogP contribution in [0.25, 0.3) is 11.0 Å². The Morgan fingerprint density at radius 1 is 1.26 bits per heavy atom. The summed E-state index contributed by atoms with van der Waals surface area (Å²) in [6, 6.07) is 7.29. The number of aromatic nitrogens is 5. The molecule has 0 radical (unpaired) electrons. The Labute approximate surface area is 108 Å². The van der Waals surface area contributed by atoms with Crippen molar-refractivity contribution in [2.24, 2.45) is 7.05 Å². The molecule has 7 heteroatoms. The van der Waals surface area contributed by atoms with Crippen LogP contribution in [0.1, 0.15) is 5.56 Å². The fourth-order valence-corrected chi connectivity index (χ4v) is 1.88. The fraction of sp³-hybridized carbons (Fsp3) is 0.167. The van der Waals surface area contributed by atoms with Gasteiger partial charge in [-0.05, 0) is 17.7 Å². The Balaban J connectivity index is 2.04. The van der Waals surface area contributed by atoms with Gasteiger partial charge >= 0.3 is 0 Å². The van der Waals surface area contributed by atoms with Gasteiger partial charge < -0.3 is 5.73 Å². The smallest absolute Gasteiger partial charge is 0.281 e. The second-order valence-corrected chi connectivity index (χ2v) is 4.30. The minimum Gasteiger partial charge on any atom is -0.399 e. The molecular weight excluding hydrogens is 244 g/mol. The van der Waals surface area contributed by atoms with Gasteiger partial charge in [0.05, 0.1) is 12.7 Å². The van der Waals surface area contributed by atoms with E-state index in [1.807, 2.05) is 12.1 Å². The number of rotatable bonds is 2. The van der Waals surface area contributed by atoms with Crippen LogP contribution in [0.5, 0.6) is 0 Å². The number of aryl methyl sites for hydroxylation is 1. The lowest BCUT2D eigenvalue weighted by molar-refractivity contribution is 0.595. The molecule has 0 amide bonds. The van der Waals surface area contributed by atoms with E-state index < -0.39 is 0 Å². The maximum Gasteiger partial charge on any atom is 0.281 e. The Bertz CT molecular complexity index is 786. The van der Waals surface area contributed by atoms with Crippen molar-refractivity contribution in [3.63, 3.8) is 0 Å². The average molecular weight is 256 g/mol. The highest BCUT2D eigenvalue weighted by molar-refractivity contribution is 5.72. The Morgan fingerprint density at radius 3 is 2.74 bits per heavy atom. The molecule has 0 aliphatic carbocycles. The highest BCUT2D eigenvalue weighted by atomic mass is 16.1. The van der Waals surface area contributed by atoms with E-state index in [1.165, 1.54) is 15.6 Å². The van der Waals surface area contributed by atoms with E-state index in [9.17, 15) is 4.79 Å². The lowest BCUT2D eigenvalue weighted by atomic mass is 10.2. The molecule has 0 saturated heterocycles. The summed E-state index contributed by atoms with van der Waals surface area (Å²) >= 11 is 0. The maximum absolute atomic E-state index is 12.2. The average Bonchev–Trinajstić information content (AvgIpc) is 2.78. The van der Waals surface area contributed by atoms with Crippen LogP contribution >= 0.6 is 0 Å². The summed E-state index contributed by atoms with van der Waals surface area (Å²) in [7, 11) is 1.72. The van der Waals surface area contributed by atoms with Gasteiger partial charge in [-0.1, -0.05) is 17.3 Å². The van der Waals surface area contributed by atoms with E-state index in [4.69, 9.17) is 5.73 Å². The van der Waals surface area contributed by atoms with Crippen LogP contribution in [0.3, 0.4) is 0 Å². The van der Waals surface area contributed by atoms with Gasteiger partial charge in [0.25, 0.3) is 5.56 Å². The molecule has 0 saturated carbocycles. The first-order valence-corrected chi connectivity index (χ1v) is 5.75. The Morgan fingerprint density at radius 2 is 2.00 bits per heavy atom. The van der Waals surface area contributed by atoms with Gasteiger partial charge in [-0.3, -0.25) is 4.79 Å². The van der Waals surface area contributed by atoms with Crippen LogP contribution in [-0.4, -0.2) is 24.8 Å². The second kappa shape index (κ2) is 4.20. The fourth-order valence-electron chi connectivity index (χ4n) is 1.88. The maximum atomic E-state index is 12.2. The zero-order valence-electron chi connectivity index (χ0n) is 10.3. The van der Waals surface area contributed by atoms with E-state index in [1.54, 1.807) is 19.2 Å². The first-order chi connectivity index (χ1) is 9.15.